The van der Waals surface area contributed by atoms with Crippen LogP contribution < -0.4 is 15.4 Å². The van der Waals surface area contributed by atoms with Gasteiger partial charge in [0.15, 0.2) is 9.84 Å². The molecule has 0 radical (unpaired) electrons. The number of hydrogen-bond acceptors (Lipinski definition) is 5. The fourth-order valence-electron chi connectivity index (χ4n) is 2.70. The first kappa shape index (κ1) is 16.8. The maximum absolute atomic E-state index is 12.3. The maximum Gasteiger partial charge on any atom is 0.241 e. The average molecular weight is 326 g/mol. The molecular formula is C15H22N2O4S. The van der Waals surface area contributed by atoms with Gasteiger partial charge in [0, 0.05) is 5.54 Å². The molecule has 0 aliphatic carbocycles. The van der Waals surface area contributed by atoms with Crippen LogP contribution in [0.1, 0.15) is 20.3 Å². The van der Waals surface area contributed by atoms with Crippen molar-refractivity contribution in [3.63, 3.8) is 0 Å². The first-order valence-corrected chi connectivity index (χ1v) is 8.99. The first-order chi connectivity index (χ1) is 10.2. The molecule has 1 aromatic rings. The summed E-state index contributed by atoms with van der Waals surface area (Å²) in [6, 6.07) is 6.63. The van der Waals surface area contributed by atoms with E-state index >= 15 is 0 Å². The van der Waals surface area contributed by atoms with Crippen LogP contribution in [0.4, 0.5) is 5.69 Å². The van der Waals surface area contributed by atoms with Crippen molar-refractivity contribution in [2.24, 2.45) is 0 Å². The molecule has 1 saturated heterocycles. The summed E-state index contributed by atoms with van der Waals surface area (Å²) < 4.78 is 28.4. The highest BCUT2D eigenvalue weighted by molar-refractivity contribution is 7.91. The van der Waals surface area contributed by atoms with E-state index in [0.29, 0.717) is 17.9 Å². The molecule has 1 aromatic carbocycles. The van der Waals surface area contributed by atoms with Gasteiger partial charge < -0.3 is 10.1 Å². The molecule has 1 aliphatic heterocycles. The Bertz CT molecular complexity index is 659. The van der Waals surface area contributed by atoms with Gasteiger partial charge in [-0.25, -0.2) is 8.42 Å². The molecule has 0 unspecified atom stereocenters. The number of carbonyl (C=O) groups excluding carboxylic acids is 1. The third-order valence-electron chi connectivity index (χ3n) is 3.83. The number of benzene rings is 1. The largest absolute Gasteiger partial charge is 0.495 e. The molecule has 1 fully saturated rings. The van der Waals surface area contributed by atoms with E-state index < -0.39 is 21.4 Å². The Morgan fingerprint density at radius 3 is 2.64 bits per heavy atom. The minimum atomic E-state index is -3.01. The Labute approximate surface area is 131 Å². The number of amides is 1. The Morgan fingerprint density at radius 1 is 1.36 bits per heavy atom. The third kappa shape index (κ3) is 3.98. The lowest BCUT2D eigenvalue weighted by atomic mass is 10.0. The van der Waals surface area contributed by atoms with Crippen molar-refractivity contribution in [3.05, 3.63) is 24.3 Å². The van der Waals surface area contributed by atoms with Crippen LogP contribution in [0.25, 0.3) is 0 Å². The normalized spacial score (nSPS) is 24.7. The predicted octanol–water partition coefficient (Wildman–Crippen LogP) is 1.19. The second-order valence-electron chi connectivity index (χ2n) is 5.96. The summed E-state index contributed by atoms with van der Waals surface area (Å²) in [4.78, 5) is 12.3. The van der Waals surface area contributed by atoms with Crippen molar-refractivity contribution in [1.82, 2.24) is 5.32 Å². The SMILES string of the molecule is COc1ccccc1NC(=O)[C@H](C)N[C@]1(C)CCS(=O)(=O)C1. The quantitative estimate of drug-likeness (QED) is 0.849. The van der Waals surface area contributed by atoms with Crippen molar-refractivity contribution in [1.29, 1.82) is 0 Å². The fourth-order valence-corrected chi connectivity index (χ4v) is 4.81. The van der Waals surface area contributed by atoms with Crippen molar-refractivity contribution < 1.29 is 17.9 Å². The fraction of sp³-hybridized carbons (Fsp3) is 0.533. The van der Waals surface area contributed by atoms with Gasteiger partial charge in [0.2, 0.25) is 5.91 Å². The van der Waals surface area contributed by atoms with Gasteiger partial charge in [-0.3, -0.25) is 10.1 Å². The Kier molecular flexibility index (Phi) is 4.77. The molecule has 7 heteroatoms. The monoisotopic (exact) mass is 326 g/mol. The molecule has 0 aromatic heterocycles. The topological polar surface area (TPSA) is 84.5 Å². The summed E-state index contributed by atoms with van der Waals surface area (Å²) in [6.07, 6.45) is 0.515. The maximum atomic E-state index is 12.3. The van der Waals surface area contributed by atoms with Gasteiger partial charge in [-0.2, -0.15) is 0 Å². The van der Waals surface area contributed by atoms with E-state index in [0.717, 1.165) is 0 Å². The van der Waals surface area contributed by atoms with E-state index in [1.807, 2.05) is 13.0 Å². The van der Waals surface area contributed by atoms with E-state index in [9.17, 15) is 13.2 Å². The minimum Gasteiger partial charge on any atom is -0.495 e. The highest BCUT2D eigenvalue weighted by Gasteiger charge is 2.39. The summed E-state index contributed by atoms with van der Waals surface area (Å²) in [5, 5.41) is 5.93. The van der Waals surface area contributed by atoms with Crippen molar-refractivity contribution in [2.75, 3.05) is 23.9 Å². The molecule has 2 rings (SSSR count). The van der Waals surface area contributed by atoms with Crippen molar-refractivity contribution in [3.8, 4) is 5.75 Å². The van der Waals surface area contributed by atoms with Crippen LogP contribution in [0.15, 0.2) is 24.3 Å². The molecule has 122 valence electrons. The molecule has 0 bridgehead atoms. The molecule has 0 spiro atoms. The van der Waals surface area contributed by atoms with E-state index in [1.165, 1.54) is 7.11 Å². The van der Waals surface area contributed by atoms with Crippen LogP contribution in [0, 0.1) is 0 Å². The van der Waals surface area contributed by atoms with Crippen LogP contribution in [-0.2, 0) is 14.6 Å². The number of nitrogens with one attached hydrogen (secondary N) is 2. The Balaban J connectivity index is 2.01. The van der Waals surface area contributed by atoms with Crippen LogP contribution in [0.2, 0.25) is 0 Å². The minimum absolute atomic E-state index is 0.0618. The highest BCUT2D eigenvalue weighted by Crippen LogP contribution is 2.25. The molecular weight excluding hydrogens is 304 g/mol. The number of methoxy groups -OCH3 is 1. The summed E-state index contributed by atoms with van der Waals surface area (Å²) in [7, 11) is -1.47. The van der Waals surface area contributed by atoms with Crippen LogP contribution in [-0.4, -0.2) is 44.5 Å². The number of hydrogen-bond donors (Lipinski definition) is 2. The van der Waals surface area contributed by atoms with Gasteiger partial charge >= 0.3 is 0 Å². The number of ether oxygens (including phenoxy) is 1. The summed E-state index contributed by atoms with van der Waals surface area (Å²) in [5.41, 5.74) is 0.0314. The lowest BCUT2D eigenvalue weighted by molar-refractivity contribution is -0.118. The standard InChI is InChI=1S/C15H22N2O4S/c1-11(17-15(2)8-9-22(19,20)10-15)14(18)16-12-6-4-5-7-13(12)21-3/h4-7,11,17H,8-10H2,1-3H3,(H,16,18)/t11-,15+/m0/s1. The van der Waals surface area contributed by atoms with Gasteiger partial charge in [0.25, 0.3) is 0 Å². The van der Waals surface area contributed by atoms with Crippen molar-refractivity contribution in [2.45, 2.75) is 31.8 Å². The van der Waals surface area contributed by atoms with E-state index in [1.54, 1.807) is 25.1 Å². The van der Waals surface area contributed by atoms with Gasteiger partial charge in [-0.15, -0.1) is 0 Å². The van der Waals surface area contributed by atoms with Crippen molar-refractivity contribution >= 4 is 21.4 Å². The van der Waals surface area contributed by atoms with E-state index in [-0.39, 0.29) is 17.4 Å². The number of para-hydroxylation sites is 2. The Hall–Kier alpha value is -1.60. The molecule has 2 atom stereocenters. The third-order valence-corrected chi connectivity index (χ3v) is 5.73. The smallest absolute Gasteiger partial charge is 0.241 e. The lowest BCUT2D eigenvalue weighted by Gasteiger charge is -2.28. The molecule has 6 nitrogen and oxygen atoms in total. The lowest BCUT2D eigenvalue weighted by Crippen LogP contribution is -2.52. The molecule has 1 heterocycles. The Morgan fingerprint density at radius 2 is 2.05 bits per heavy atom. The molecule has 1 aliphatic rings. The second-order valence-corrected chi connectivity index (χ2v) is 8.14. The summed E-state index contributed by atoms with van der Waals surface area (Å²) in [5.74, 6) is 0.580. The first-order valence-electron chi connectivity index (χ1n) is 7.17. The van der Waals surface area contributed by atoms with Crippen LogP contribution in [0.5, 0.6) is 5.75 Å². The summed E-state index contributed by atoms with van der Waals surface area (Å²) >= 11 is 0. The number of sulfone groups is 1. The molecule has 2 N–H and O–H groups in total. The predicted molar refractivity (Wildman–Crippen MR) is 85.9 cm³/mol. The number of anilines is 1. The van der Waals surface area contributed by atoms with Gasteiger partial charge in [0.05, 0.1) is 30.3 Å². The molecule has 1 amide bonds. The van der Waals surface area contributed by atoms with Gasteiger partial charge in [-0.05, 0) is 32.4 Å². The summed E-state index contributed by atoms with van der Waals surface area (Å²) in [6.45, 7) is 3.56. The van der Waals surface area contributed by atoms with Gasteiger partial charge in [-0.1, -0.05) is 12.1 Å². The zero-order valence-electron chi connectivity index (χ0n) is 13.0. The van der Waals surface area contributed by atoms with Gasteiger partial charge in [0.1, 0.15) is 5.75 Å². The number of carbonyl (C=O) groups is 1. The molecule has 0 saturated carbocycles. The second kappa shape index (κ2) is 6.26. The van der Waals surface area contributed by atoms with E-state index in [4.69, 9.17) is 4.74 Å². The zero-order chi connectivity index (χ0) is 16.4. The van der Waals surface area contributed by atoms with Crippen LogP contribution >= 0.6 is 0 Å². The van der Waals surface area contributed by atoms with Crippen LogP contribution in [0.3, 0.4) is 0 Å². The average Bonchev–Trinajstić information content (AvgIpc) is 2.72. The van der Waals surface area contributed by atoms with E-state index in [2.05, 4.69) is 10.6 Å². The number of rotatable bonds is 5. The zero-order valence-corrected chi connectivity index (χ0v) is 13.9. The molecule has 22 heavy (non-hydrogen) atoms. The highest BCUT2D eigenvalue weighted by atomic mass is 32.2.